The second-order valence-electron chi connectivity index (χ2n) is 8.09. The normalized spacial score (nSPS) is 13.3. The van der Waals surface area contributed by atoms with Crippen LogP contribution in [-0.2, 0) is 21.2 Å². The third-order valence-electron chi connectivity index (χ3n) is 5.75. The van der Waals surface area contributed by atoms with Gasteiger partial charge in [-0.2, -0.15) is 0 Å². The summed E-state index contributed by atoms with van der Waals surface area (Å²) < 4.78 is 31.7. The summed E-state index contributed by atoms with van der Waals surface area (Å²) in [6.45, 7) is 1.98. The number of carbonyl (C=O) groups is 1. The number of nitro benzene ring substituents is 1. The number of aliphatic imine (C=N–C) groups is 1. The van der Waals surface area contributed by atoms with Crippen LogP contribution in [0.1, 0.15) is 17.5 Å². The van der Waals surface area contributed by atoms with Gasteiger partial charge in [0.1, 0.15) is 11.6 Å². The van der Waals surface area contributed by atoms with Gasteiger partial charge in [-0.05, 0) is 24.1 Å². The number of hydrogen-bond acceptors (Lipinski definition) is 8. The Morgan fingerprint density at radius 2 is 1.89 bits per heavy atom. The van der Waals surface area contributed by atoms with Crippen LogP contribution in [0.25, 0.3) is 0 Å². The Morgan fingerprint density at radius 3 is 2.49 bits per heavy atom. The molecule has 0 spiro atoms. The monoisotopic (exact) mass is 503 g/mol. The number of rotatable bonds is 11. The maximum atomic E-state index is 12.9. The van der Waals surface area contributed by atoms with E-state index in [0.717, 1.165) is 46.5 Å². The van der Waals surface area contributed by atoms with E-state index in [1.807, 2.05) is 24.3 Å². The predicted molar refractivity (Wildman–Crippen MR) is 131 cm³/mol. The zero-order valence-corrected chi connectivity index (χ0v) is 20.7. The molecule has 0 atom stereocenters. The molecule has 188 valence electrons. The summed E-state index contributed by atoms with van der Waals surface area (Å²) in [7, 11) is 0.113. The molecule has 1 aliphatic heterocycles. The van der Waals surface area contributed by atoms with Gasteiger partial charge in [-0.3, -0.25) is 19.9 Å². The Bertz CT molecular complexity index is 1210. The Balaban J connectivity index is 1.55. The number of nitrogens with zero attached hydrogens (tertiary/aromatic N) is 4. The van der Waals surface area contributed by atoms with E-state index in [2.05, 4.69) is 10.3 Å². The number of carbonyl (C=O) groups excluding carboxylic acids is 1. The molecule has 0 unspecified atom stereocenters. The lowest BCUT2D eigenvalue weighted by molar-refractivity contribution is -0.387. The summed E-state index contributed by atoms with van der Waals surface area (Å²) in [6, 6.07) is 11.5. The lowest BCUT2D eigenvalue weighted by Gasteiger charge is -2.20. The van der Waals surface area contributed by atoms with Crippen LogP contribution < -0.4 is 10.1 Å². The second-order valence-corrected chi connectivity index (χ2v) is 10.1. The molecule has 0 aliphatic carbocycles. The topological polar surface area (TPSA) is 134 Å². The van der Waals surface area contributed by atoms with Crippen molar-refractivity contribution in [3.05, 3.63) is 63.7 Å². The Kier molecular flexibility index (Phi) is 8.41. The number of amides is 1. The van der Waals surface area contributed by atoms with Gasteiger partial charge in [0.2, 0.25) is 15.9 Å². The summed E-state index contributed by atoms with van der Waals surface area (Å²) >= 11 is 0. The van der Waals surface area contributed by atoms with Crippen molar-refractivity contribution in [3.8, 4) is 5.75 Å². The minimum atomic E-state index is -4.18. The number of sulfonamides is 1. The molecule has 12 heteroatoms. The SMILES string of the molecule is COc1ccc(S(=O)(=O)N(C)CCC(=O)N(C)CCc2ccc(C3=NCCN3)cc2)c([N+](=O)[O-])c1. The van der Waals surface area contributed by atoms with Crippen LogP contribution in [-0.4, -0.2) is 81.7 Å². The fourth-order valence-electron chi connectivity index (χ4n) is 3.56. The fraction of sp³-hybridized carbons (Fsp3) is 0.391. The zero-order chi connectivity index (χ0) is 25.6. The van der Waals surface area contributed by atoms with E-state index in [1.54, 1.807) is 11.9 Å². The average molecular weight is 504 g/mol. The number of nitro groups is 1. The van der Waals surface area contributed by atoms with E-state index in [-0.39, 0.29) is 24.6 Å². The van der Waals surface area contributed by atoms with Crippen molar-refractivity contribution >= 4 is 27.5 Å². The standard InChI is InChI=1S/C23H29N5O6S/c1-26(14-10-17-4-6-18(7-5-17)23-24-12-13-25-23)22(29)11-15-27(2)35(32,33)21-9-8-19(34-3)16-20(21)28(30)31/h4-9,16H,10-15H2,1-3H3,(H,24,25). The molecule has 3 rings (SSSR count). The van der Waals surface area contributed by atoms with Crippen LogP contribution >= 0.6 is 0 Å². The van der Waals surface area contributed by atoms with Gasteiger partial charge < -0.3 is 15.0 Å². The Labute approximate surface area is 204 Å². The highest BCUT2D eigenvalue weighted by Crippen LogP contribution is 2.30. The number of hydrogen-bond donors (Lipinski definition) is 1. The largest absolute Gasteiger partial charge is 0.497 e. The summed E-state index contributed by atoms with van der Waals surface area (Å²) in [5.74, 6) is 0.842. The molecule has 0 radical (unpaired) electrons. The zero-order valence-electron chi connectivity index (χ0n) is 19.9. The molecule has 0 aromatic heterocycles. The molecular weight excluding hydrogens is 474 g/mol. The number of nitrogens with one attached hydrogen (secondary N) is 1. The van der Waals surface area contributed by atoms with Crippen LogP contribution in [0.3, 0.4) is 0 Å². The van der Waals surface area contributed by atoms with Crippen LogP contribution in [0, 0.1) is 10.1 Å². The molecule has 1 N–H and O–H groups in total. The molecular formula is C23H29N5O6S. The minimum Gasteiger partial charge on any atom is -0.497 e. The van der Waals surface area contributed by atoms with E-state index in [9.17, 15) is 23.3 Å². The third-order valence-corrected chi connectivity index (χ3v) is 7.66. The lowest BCUT2D eigenvalue weighted by Crippen LogP contribution is -2.34. The van der Waals surface area contributed by atoms with Gasteiger partial charge in [-0.25, -0.2) is 12.7 Å². The molecule has 35 heavy (non-hydrogen) atoms. The van der Waals surface area contributed by atoms with Crippen LogP contribution in [0.2, 0.25) is 0 Å². The molecule has 1 amide bonds. The molecule has 2 aromatic carbocycles. The quantitative estimate of drug-likeness (QED) is 0.364. The van der Waals surface area contributed by atoms with Gasteiger partial charge >= 0.3 is 0 Å². The van der Waals surface area contributed by atoms with E-state index in [0.29, 0.717) is 13.0 Å². The highest BCUT2D eigenvalue weighted by atomic mass is 32.2. The number of ether oxygens (including phenoxy) is 1. The van der Waals surface area contributed by atoms with Gasteiger partial charge in [-0.1, -0.05) is 24.3 Å². The maximum Gasteiger partial charge on any atom is 0.293 e. The number of likely N-dealkylation sites (N-methyl/N-ethyl adjacent to an activating group) is 1. The van der Waals surface area contributed by atoms with E-state index in [4.69, 9.17) is 4.74 Å². The van der Waals surface area contributed by atoms with Crippen molar-refractivity contribution in [1.82, 2.24) is 14.5 Å². The van der Waals surface area contributed by atoms with Gasteiger partial charge in [0, 0.05) is 45.7 Å². The molecule has 0 bridgehead atoms. The molecule has 1 heterocycles. The lowest BCUT2D eigenvalue weighted by atomic mass is 10.1. The number of benzene rings is 2. The molecule has 11 nitrogen and oxygen atoms in total. The van der Waals surface area contributed by atoms with Crippen molar-refractivity contribution in [2.75, 3.05) is 47.4 Å². The first-order valence-corrected chi connectivity index (χ1v) is 12.5. The maximum absolute atomic E-state index is 12.9. The fourth-order valence-corrected chi connectivity index (χ4v) is 4.86. The van der Waals surface area contributed by atoms with Gasteiger partial charge in [0.05, 0.1) is 24.6 Å². The highest BCUT2D eigenvalue weighted by Gasteiger charge is 2.30. The van der Waals surface area contributed by atoms with E-state index >= 15 is 0 Å². The second kappa shape index (κ2) is 11.3. The van der Waals surface area contributed by atoms with Crippen molar-refractivity contribution in [1.29, 1.82) is 0 Å². The number of amidine groups is 1. The smallest absolute Gasteiger partial charge is 0.293 e. The van der Waals surface area contributed by atoms with Crippen molar-refractivity contribution in [3.63, 3.8) is 0 Å². The van der Waals surface area contributed by atoms with Crippen molar-refractivity contribution < 1.29 is 22.9 Å². The van der Waals surface area contributed by atoms with Gasteiger partial charge in [-0.15, -0.1) is 0 Å². The molecule has 2 aromatic rings. The summed E-state index contributed by atoms with van der Waals surface area (Å²) in [5.41, 5.74) is 1.51. The van der Waals surface area contributed by atoms with Crippen LogP contribution in [0.15, 0.2) is 52.4 Å². The summed E-state index contributed by atoms with van der Waals surface area (Å²) in [5, 5.41) is 14.6. The van der Waals surface area contributed by atoms with Crippen molar-refractivity contribution in [2.45, 2.75) is 17.7 Å². The van der Waals surface area contributed by atoms with Gasteiger partial charge in [0.25, 0.3) is 5.69 Å². The summed E-state index contributed by atoms with van der Waals surface area (Å²) in [6.07, 6.45) is 0.592. The number of methoxy groups -OCH3 is 1. The van der Waals surface area contributed by atoms with Crippen LogP contribution in [0.4, 0.5) is 5.69 Å². The molecule has 0 fully saturated rings. The molecule has 0 saturated heterocycles. The molecule has 1 aliphatic rings. The van der Waals surface area contributed by atoms with E-state index in [1.165, 1.54) is 20.2 Å². The van der Waals surface area contributed by atoms with E-state index < -0.39 is 25.5 Å². The first kappa shape index (κ1) is 26.1. The summed E-state index contributed by atoms with van der Waals surface area (Å²) in [4.78, 5) is 28.7. The van der Waals surface area contributed by atoms with Crippen molar-refractivity contribution in [2.24, 2.45) is 4.99 Å². The minimum absolute atomic E-state index is 0.0549. The average Bonchev–Trinajstić information content (AvgIpc) is 3.40. The van der Waals surface area contributed by atoms with Crippen LogP contribution in [0.5, 0.6) is 5.75 Å². The predicted octanol–water partition coefficient (Wildman–Crippen LogP) is 1.66. The Morgan fingerprint density at radius 1 is 1.17 bits per heavy atom. The molecule has 0 saturated carbocycles. The first-order valence-electron chi connectivity index (χ1n) is 11.0. The third kappa shape index (κ3) is 6.34. The first-order chi connectivity index (χ1) is 16.6. The highest BCUT2D eigenvalue weighted by molar-refractivity contribution is 7.89. The Hall–Kier alpha value is -3.51. The van der Waals surface area contributed by atoms with Gasteiger partial charge in [0.15, 0.2) is 4.90 Å².